The van der Waals surface area contributed by atoms with Gasteiger partial charge in [-0.2, -0.15) is 9.97 Å². The van der Waals surface area contributed by atoms with E-state index < -0.39 is 6.04 Å². The van der Waals surface area contributed by atoms with Crippen LogP contribution < -0.4 is 27.6 Å². The second-order valence-electron chi connectivity index (χ2n) is 3.40. The molecule has 1 aromatic heterocycles. The minimum atomic E-state index is -0.421. The molecule has 0 fully saturated rings. The van der Waals surface area contributed by atoms with Crippen molar-refractivity contribution < 1.29 is 4.79 Å². The number of likely N-dealkylation sites (N-methyl/N-ethyl adjacent to an activating group) is 1. The zero-order chi connectivity index (χ0) is 12.8. The highest BCUT2D eigenvalue weighted by Gasteiger charge is 2.12. The number of rotatable bonds is 5. The Morgan fingerprint density at radius 1 is 1.47 bits per heavy atom. The Bertz CT molecular complexity index is 395. The highest BCUT2D eigenvalue weighted by molar-refractivity contribution is 5.83. The average molecular weight is 239 g/mol. The van der Waals surface area contributed by atoms with Crippen LogP contribution in [0.1, 0.15) is 13.8 Å². The first-order valence-electron chi connectivity index (χ1n) is 5.22. The van der Waals surface area contributed by atoms with E-state index in [1.165, 1.54) is 0 Å². The van der Waals surface area contributed by atoms with Crippen LogP contribution >= 0.6 is 0 Å². The van der Waals surface area contributed by atoms with Crippen LogP contribution in [0.4, 0.5) is 17.6 Å². The van der Waals surface area contributed by atoms with E-state index in [0.717, 1.165) is 0 Å². The van der Waals surface area contributed by atoms with E-state index in [4.69, 9.17) is 11.6 Å². The van der Waals surface area contributed by atoms with Crippen molar-refractivity contribution in [3.63, 3.8) is 0 Å². The van der Waals surface area contributed by atoms with Crippen molar-refractivity contribution in [2.45, 2.75) is 19.9 Å². The van der Waals surface area contributed by atoms with Crippen molar-refractivity contribution in [2.24, 2.45) is 5.84 Å². The molecule has 8 heteroatoms. The molecule has 0 radical (unpaired) electrons. The Balaban J connectivity index is 2.73. The van der Waals surface area contributed by atoms with Gasteiger partial charge < -0.3 is 21.8 Å². The largest absolute Gasteiger partial charge is 0.368 e. The maximum atomic E-state index is 11.5. The first-order valence-corrected chi connectivity index (χ1v) is 5.22. The number of nitrogens with two attached hydrogens (primary N) is 2. The molecule has 0 aliphatic carbocycles. The predicted molar refractivity (Wildman–Crippen MR) is 66.0 cm³/mol. The minimum absolute atomic E-state index is 0.0750. The quantitative estimate of drug-likeness (QED) is 0.338. The van der Waals surface area contributed by atoms with E-state index in [1.54, 1.807) is 13.0 Å². The highest BCUT2D eigenvalue weighted by atomic mass is 16.2. The molecule has 1 heterocycles. The molecule has 17 heavy (non-hydrogen) atoms. The zero-order valence-electron chi connectivity index (χ0n) is 9.82. The molecular weight excluding hydrogens is 222 g/mol. The van der Waals surface area contributed by atoms with Crippen molar-refractivity contribution >= 4 is 23.5 Å². The molecule has 1 aromatic rings. The molecule has 94 valence electrons. The zero-order valence-corrected chi connectivity index (χ0v) is 9.82. The number of carbonyl (C=O) groups is 1. The van der Waals surface area contributed by atoms with Crippen molar-refractivity contribution in [3.8, 4) is 0 Å². The molecule has 0 aliphatic heterocycles. The number of amides is 1. The SMILES string of the molecule is CCNC(=O)C(C)Nc1cc(NN)nc(N)n1. The van der Waals surface area contributed by atoms with Gasteiger partial charge in [0, 0.05) is 12.6 Å². The Morgan fingerprint density at radius 3 is 2.71 bits per heavy atom. The number of nitrogens with zero attached hydrogens (tertiary/aromatic N) is 2. The summed E-state index contributed by atoms with van der Waals surface area (Å²) < 4.78 is 0. The highest BCUT2D eigenvalue weighted by Crippen LogP contribution is 2.12. The third kappa shape index (κ3) is 3.76. The van der Waals surface area contributed by atoms with E-state index in [1.807, 2.05) is 6.92 Å². The van der Waals surface area contributed by atoms with Crippen LogP contribution in [0.25, 0.3) is 0 Å². The second kappa shape index (κ2) is 5.85. The number of nitrogen functional groups attached to an aromatic ring is 2. The number of hydrogen-bond acceptors (Lipinski definition) is 7. The second-order valence-corrected chi connectivity index (χ2v) is 3.40. The van der Waals surface area contributed by atoms with Gasteiger partial charge in [0.15, 0.2) is 0 Å². The summed E-state index contributed by atoms with van der Waals surface area (Å²) in [6, 6.07) is 1.14. The first-order chi connectivity index (χ1) is 8.06. The molecule has 0 bridgehead atoms. The Kier molecular flexibility index (Phi) is 4.46. The molecular formula is C9H17N7O. The average Bonchev–Trinajstić information content (AvgIpc) is 2.28. The normalized spacial score (nSPS) is 11.7. The Labute approximate surface area is 99.2 Å². The smallest absolute Gasteiger partial charge is 0.242 e. The molecule has 0 saturated carbocycles. The number of hydrogen-bond donors (Lipinski definition) is 5. The van der Waals surface area contributed by atoms with Gasteiger partial charge in [0.2, 0.25) is 11.9 Å². The lowest BCUT2D eigenvalue weighted by molar-refractivity contribution is -0.121. The number of nitrogens with one attached hydrogen (secondary N) is 3. The minimum Gasteiger partial charge on any atom is -0.368 e. The molecule has 7 N–H and O–H groups in total. The van der Waals surface area contributed by atoms with E-state index >= 15 is 0 Å². The van der Waals surface area contributed by atoms with E-state index in [0.29, 0.717) is 18.2 Å². The number of carbonyl (C=O) groups excluding carboxylic acids is 1. The first kappa shape index (κ1) is 13.0. The summed E-state index contributed by atoms with van der Waals surface area (Å²) >= 11 is 0. The predicted octanol–water partition coefficient (Wildman–Crippen LogP) is -0.719. The van der Waals surface area contributed by atoms with Gasteiger partial charge in [-0.15, -0.1) is 0 Å². The molecule has 0 aromatic carbocycles. The van der Waals surface area contributed by atoms with Crippen LogP contribution in [0.5, 0.6) is 0 Å². The Morgan fingerprint density at radius 2 is 2.12 bits per heavy atom. The molecule has 8 nitrogen and oxygen atoms in total. The fourth-order valence-electron chi connectivity index (χ4n) is 1.23. The molecule has 1 rings (SSSR count). The van der Waals surface area contributed by atoms with Gasteiger partial charge in [-0.3, -0.25) is 4.79 Å². The summed E-state index contributed by atoms with van der Waals surface area (Å²) in [4.78, 5) is 19.3. The van der Waals surface area contributed by atoms with Crippen molar-refractivity contribution in [1.82, 2.24) is 15.3 Å². The standard InChI is InChI=1S/C9H17N7O/c1-3-12-8(17)5(2)13-6-4-7(16-11)15-9(10)14-6/h4-5H,3,11H2,1-2H3,(H,12,17)(H4,10,13,14,15,16). The summed E-state index contributed by atoms with van der Waals surface area (Å²) in [5, 5.41) is 5.60. The van der Waals surface area contributed by atoms with Gasteiger partial charge >= 0.3 is 0 Å². The van der Waals surface area contributed by atoms with Crippen LogP contribution in [0.15, 0.2) is 6.07 Å². The van der Waals surface area contributed by atoms with Crippen molar-refractivity contribution in [2.75, 3.05) is 23.0 Å². The molecule has 1 amide bonds. The monoisotopic (exact) mass is 239 g/mol. The Hall–Kier alpha value is -2.09. The number of aromatic nitrogens is 2. The fraction of sp³-hybridized carbons (Fsp3) is 0.444. The van der Waals surface area contributed by atoms with E-state index in [2.05, 4.69) is 26.0 Å². The van der Waals surface area contributed by atoms with Gasteiger partial charge in [-0.25, -0.2) is 5.84 Å². The maximum Gasteiger partial charge on any atom is 0.242 e. The van der Waals surface area contributed by atoms with Crippen molar-refractivity contribution in [3.05, 3.63) is 6.07 Å². The third-order valence-electron chi connectivity index (χ3n) is 2.00. The molecule has 1 unspecified atom stereocenters. The number of anilines is 3. The molecule has 0 saturated heterocycles. The van der Waals surface area contributed by atoms with Crippen LogP contribution in [0.3, 0.4) is 0 Å². The molecule has 0 spiro atoms. The lowest BCUT2D eigenvalue weighted by Crippen LogP contribution is -2.37. The van der Waals surface area contributed by atoms with Gasteiger partial charge in [0.05, 0.1) is 0 Å². The topological polar surface area (TPSA) is 131 Å². The third-order valence-corrected chi connectivity index (χ3v) is 2.00. The van der Waals surface area contributed by atoms with Gasteiger partial charge in [0.25, 0.3) is 0 Å². The van der Waals surface area contributed by atoms with Gasteiger partial charge in [-0.05, 0) is 13.8 Å². The van der Waals surface area contributed by atoms with Crippen LogP contribution in [-0.2, 0) is 4.79 Å². The van der Waals surface area contributed by atoms with Crippen molar-refractivity contribution in [1.29, 1.82) is 0 Å². The summed E-state index contributed by atoms with van der Waals surface area (Å²) in [6.07, 6.45) is 0. The lowest BCUT2D eigenvalue weighted by Gasteiger charge is -2.14. The van der Waals surface area contributed by atoms with Crippen LogP contribution in [0, 0.1) is 0 Å². The summed E-state index contributed by atoms with van der Waals surface area (Å²) in [5.41, 5.74) is 7.85. The number of hydrazine groups is 1. The maximum absolute atomic E-state index is 11.5. The molecule has 0 aliphatic rings. The van der Waals surface area contributed by atoms with E-state index in [9.17, 15) is 4.79 Å². The van der Waals surface area contributed by atoms with E-state index in [-0.39, 0.29) is 11.9 Å². The molecule has 1 atom stereocenters. The van der Waals surface area contributed by atoms with Gasteiger partial charge in [-0.1, -0.05) is 0 Å². The summed E-state index contributed by atoms with van der Waals surface area (Å²) in [7, 11) is 0. The summed E-state index contributed by atoms with van der Waals surface area (Å²) in [5.74, 6) is 5.99. The van der Waals surface area contributed by atoms with Crippen LogP contribution in [-0.4, -0.2) is 28.5 Å². The van der Waals surface area contributed by atoms with Crippen LogP contribution in [0.2, 0.25) is 0 Å². The van der Waals surface area contributed by atoms with Gasteiger partial charge in [0.1, 0.15) is 17.7 Å². The lowest BCUT2D eigenvalue weighted by atomic mass is 10.3. The summed E-state index contributed by atoms with van der Waals surface area (Å²) in [6.45, 7) is 4.15. The fourth-order valence-corrected chi connectivity index (χ4v) is 1.23.